The molecule has 14 heteroatoms. The highest BCUT2D eigenvalue weighted by Gasteiger charge is 2.35. The van der Waals surface area contributed by atoms with E-state index in [1.165, 1.54) is 4.90 Å². The van der Waals surface area contributed by atoms with Crippen LogP contribution in [0.15, 0.2) is 66.9 Å². The first-order chi connectivity index (χ1) is 23.5. The summed E-state index contributed by atoms with van der Waals surface area (Å²) < 4.78 is 5.41. The Hall–Kier alpha value is -4.27. The molecule has 2 aliphatic rings. The minimum absolute atomic E-state index is 0. The van der Waals surface area contributed by atoms with Crippen molar-refractivity contribution in [1.29, 1.82) is 0 Å². The number of imide groups is 1. The van der Waals surface area contributed by atoms with Gasteiger partial charge < -0.3 is 21.5 Å². The SMILES string of the molecule is Cl.NC[C@H]1CC[C@H](C(=O)N(C(=O)[C@@H](N)Cc2ccc(-c3ccc(NCCN4CCOCC4)nc3)cc2)c2ccc(-c3nn[nH]n3)cc2)CC1. The third kappa shape index (κ3) is 9.25. The molecule has 0 unspecified atom stereocenters. The Bertz CT molecular complexity index is 1610. The van der Waals surface area contributed by atoms with Crippen LogP contribution >= 0.6 is 12.4 Å². The molecule has 0 bridgehead atoms. The van der Waals surface area contributed by atoms with Crippen LogP contribution in [0, 0.1) is 11.8 Å². The Kier molecular flexibility index (Phi) is 12.8. The number of halogens is 1. The summed E-state index contributed by atoms with van der Waals surface area (Å²) in [5.74, 6) is 0.755. The zero-order valence-electron chi connectivity index (χ0n) is 27.5. The van der Waals surface area contributed by atoms with Gasteiger partial charge in [-0.25, -0.2) is 9.88 Å². The van der Waals surface area contributed by atoms with Crippen molar-refractivity contribution in [2.24, 2.45) is 23.3 Å². The van der Waals surface area contributed by atoms with E-state index >= 15 is 0 Å². The van der Waals surface area contributed by atoms with Gasteiger partial charge >= 0.3 is 0 Å². The molecular formula is C35H45ClN10O3. The number of ether oxygens (including phenoxy) is 1. The van der Waals surface area contributed by atoms with Crippen molar-refractivity contribution in [3.05, 3.63) is 72.4 Å². The lowest BCUT2D eigenvalue weighted by molar-refractivity contribution is -0.130. The van der Waals surface area contributed by atoms with Gasteiger partial charge in [-0.1, -0.05) is 24.3 Å². The Balaban J connectivity index is 0.00000468. The van der Waals surface area contributed by atoms with Gasteiger partial charge in [0.25, 0.3) is 5.91 Å². The van der Waals surface area contributed by atoms with Gasteiger partial charge in [-0.3, -0.25) is 14.5 Å². The maximum Gasteiger partial charge on any atom is 0.251 e. The summed E-state index contributed by atoms with van der Waals surface area (Å²) in [6.07, 6.45) is 5.27. The van der Waals surface area contributed by atoms with Gasteiger partial charge in [-0.15, -0.1) is 22.6 Å². The van der Waals surface area contributed by atoms with Gasteiger partial charge in [0.1, 0.15) is 5.82 Å². The minimum atomic E-state index is -0.915. The largest absolute Gasteiger partial charge is 0.379 e. The summed E-state index contributed by atoms with van der Waals surface area (Å²) >= 11 is 0. The van der Waals surface area contributed by atoms with Crippen molar-refractivity contribution in [1.82, 2.24) is 30.5 Å². The highest BCUT2D eigenvalue weighted by Crippen LogP contribution is 2.32. The van der Waals surface area contributed by atoms with E-state index in [0.29, 0.717) is 42.4 Å². The minimum Gasteiger partial charge on any atom is -0.379 e. The molecule has 13 nitrogen and oxygen atoms in total. The molecule has 1 saturated carbocycles. The zero-order chi connectivity index (χ0) is 33.3. The molecule has 0 spiro atoms. The number of pyridine rings is 1. The summed E-state index contributed by atoms with van der Waals surface area (Å²) in [6, 6.07) is 18.1. The molecule has 3 heterocycles. The number of benzene rings is 2. The number of amides is 2. The second-order valence-corrected chi connectivity index (χ2v) is 12.6. The van der Waals surface area contributed by atoms with Crippen LogP contribution in [0.1, 0.15) is 31.2 Å². The fraction of sp³-hybridized carbons (Fsp3) is 0.429. The number of hydrogen-bond donors (Lipinski definition) is 4. The molecule has 6 rings (SSSR count). The summed E-state index contributed by atoms with van der Waals surface area (Å²) in [6.45, 7) is 5.90. The number of carbonyl (C=O) groups is 2. The van der Waals surface area contributed by atoms with E-state index in [1.54, 1.807) is 24.3 Å². The second kappa shape index (κ2) is 17.4. The number of aromatic amines is 1. The van der Waals surface area contributed by atoms with E-state index in [1.807, 2.05) is 42.6 Å². The van der Waals surface area contributed by atoms with E-state index < -0.39 is 11.9 Å². The normalized spacial score (nSPS) is 18.7. The lowest BCUT2D eigenvalue weighted by Gasteiger charge is -2.32. The Morgan fingerprint density at radius 1 is 0.959 bits per heavy atom. The molecule has 2 amide bonds. The average molecular weight is 689 g/mol. The van der Waals surface area contributed by atoms with Crippen molar-refractivity contribution < 1.29 is 14.3 Å². The fourth-order valence-electron chi connectivity index (χ4n) is 6.41. The number of tetrazole rings is 1. The van der Waals surface area contributed by atoms with Crippen molar-refractivity contribution in [3.63, 3.8) is 0 Å². The van der Waals surface area contributed by atoms with Crippen LogP contribution in [-0.2, 0) is 20.7 Å². The maximum atomic E-state index is 13.9. The third-order valence-electron chi connectivity index (χ3n) is 9.36. The Labute approximate surface area is 292 Å². The average Bonchev–Trinajstić information content (AvgIpc) is 3.68. The molecule has 2 aromatic heterocycles. The van der Waals surface area contributed by atoms with E-state index in [-0.39, 0.29) is 30.7 Å². The van der Waals surface area contributed by atoms with Crippen LogP contribution in [0.5, 0.6) is 0 Å². The van der Waals surface area contributed by atoms with Crippen LogP contribution in [-0.4, -0.2) is 94.3 Å². The van der Waals surface area contributed by atoms with Crippen LogP contribution in [0.3, 0.4) is 0 Å². The lowest BCUT2D eigenvalue weighted by atomic mass is 9.81. The summed E-state index contributed by atoms with van der Waals surface area (Å²) in [7, 11) is 0. The molecule has 1 aliphatic heterocycles. The molecule has 1 atom stereocenters. The lowest BCUT2D eigenvalue weighted by Crippen LogP contribution is -2.50. The van der Waals surface area contributed by atoms with Gasteiger partial charge in [0, 0.05) is 49.4 Å². The summed E-state index contributed by atoms with van der Waals surface area (Å²) in [5, 5.41) is 17.5. The number of nitrogens with zero attached hydrogens (tertiary/aromatic N) is 6. The first kappa shape index (κ1) is 36.0. The monoisotopic (exact) mass is 688 g/mol. The van der Waals surface area contributed by atoms with Gasteiger partial charge in [0.05, 0.1) is 24.9 Å². The molecule has 49 heavy (non-hydrogen) atoms. The number of hydrogen-bond acceptors (Lipinski definition) is 11. The molecule has 1 saturated heterocycles. The number of carbonyl (C=O) groups excluding carboxylic acids is 2. The first-order valence-corrected chi connectivity index (χ1v) is 16.7. The number of H-pyrrole nitrogens is 1. The molecular weight excluding hydrogens is 644 g/mol. The molecule has 6 N–H and O–H groups in total. The molecule has 260 valence electrons. The van der Waals surface area contributed by atoms with E-state index in [2.05, 4.69) is 35.8 Å². The van der Waals surface area contributed by atoms with Crippen LogP contribution in [0.2, 0.25) is 0 Å². The van der Waals surface area contributed by atoms with Crippen LogP contribution in [0.25, 0.3) is 22.5 Å². The summed E-state index contributed by atoms with van der Waals surface area (Å²) in [4.78, 5) is 36.1. The first-order valence-electron chi connectivity index (χ1n) is 16.7. The van der Waals surface area contributed by atoms with Crippen molar-refractivity contribution in [2.45, 2.75) is 38.1 Å². The highest BCUT2D eigenvalue weighted by atomic mass is 35.5. The molecule has 2 aromatic carbocycles. The maximum absolute atomic E-state index is 13.9. The Morgan fingerprint density at radius 2 is 1.65 bits per heavy atom. The number of anilines is 2. The van der Waals surface area contributed by atoms with Crippen LogP contribution in [0.4, 0.5) is 11.5 Å². The molecule has 0 radical (unpaired) electrons. The zero-order valence-corrected chi connectivity index (χ0v) is 28.4. The standard InChI is InChI=1S/C35H44N10O3.ClH/c36-22-25-3-7-28(8-4-25)34(46)45(30-12-9-27(10-13-30)33-40-42-43-41-33)35(47)31(37)21-24-1-5-26(6-2-24)29-11-14-32(39-23-29)38-15-16-44-17-19-48-20-18-44;/h1-2,5-6,9-14,23,25,28,31H,3-4,7-8,15-22,36-37H2,(H,38,39)(H,40,41,42,43);1H/t25-,28-,31-;/m0./s1. The molecule has 4 aromatic rings. The number of morpholine rings is 1. The van der Waals surface area contributed by atoms with Gasteiger partial charge in [0.15, 0.2) is 0 Å². The third-order valence-corrected chi connectivity index (χ3v) is 9.36. The number of aromatic nitrogens is 5. The van der Waals surface area contributed by atoms with Crippen molar-refractivity contribution >= 4 is 35.7 Å². The quantitative estimate of drug-likeness (QED) is 0.171. The predicted molar refractivity (Wildman–Crippen MR) is 191 cm³/mol. The number of nitrogens with one attached hydrogen (secondary N) is 2. The van der Waals surface area contributed by atoms with Gasteiger partial charge in [-0.2, -0.15) is 5.21 Å². The number of nitrogens with two attached hydrogens (primary N) is 2. The molecule has 2 fully saturated rings. The van der Waals surface area contributed by atoms with Crippen molar-refractivity contribution in [3.8, 4) is 22.5 Å². The summed E-state index contributed by atoms with van der Waals surface area (Å²) in [5.41, 5.74) is 16.5. The van der Waals surface area contributed by atoms with Gasteiger partial charge in [-0.05, 0) is 97.3 Å². The van der Waals surface area contributed by atoms with E-state index in [4.69, 9.17) is 16.2 Å². The van der Waals surface area contributed by atoms with Crippen molar-refractivity contribution in [2.75, 3.05) is 56.2 Å². The highest BCUT2D eigenvalue weighted by molar-refractivity contribution is 6.17. The topological polar surface area (TPSA) is 181 Å². The smallest absolute Gasteiger partial charge is 0.251 e. The fourth-order valence-corrected chi connectivity index (χ4v) is 6.41. The van der Waals surface area contributed by atoms with E-state index in [0.717, 1.165) is 74.7 Å². The van der Waals surface area contributed by atoms with E-state index in [9.17, 15) is 9.59 Å². The van der Waals surface area contributed by atoms with Crippen LogP contribution < -0.4 is 21.7 Å². The molecule has 1 aliphatic carbocycles. The second-order valence-electron chi connectivity index (χ2n) is 12.6. The van der Waals surface area contributed by atoms with Gasteiger partial charge in [0.2, 0.25) is 11.7 Å². The number of rotatable bonds is 12. The Morgan fingerprint density at radius 3 is 2.29 bits per heavy atom. The predicted octanol–water partition coefficient (Wildman–Crippen LogP) is 3.29.